The van der Waals surface area contributed by atoms with Crippen LogP contribution in [0.1, 0.15) is 53.7 Å². The van der Waals surface area contributed by atoms with Crippen LogP contribution in [0.3, 0.4) is 0 Å². The number of ether oxygens (including phenoxy) is 2. The molecular formula is C57H47N10O9S+. The van der Waals surface area contributed by atoms with Gasteiger partial charge >= 0.3 is 12.2 Å². The first-order valence-corrected chi connectivity index (χ1v) is 25.8. The Labute approximate surface area is 442 Å². The molecule has 0 saturated carbocycles. The van der Waals surface area contributed by atoms with Crippen LogP contribution in [0, 0.1) is 0 Å². The first kappa shape index (κ1) is 47.2. The number of carbonyl (C=O) groups is 6. The second kappa shape index (κ2) is 18.7. The summed E-state index contributed by atoms with van der Waals surface area (Å²) in [5.41, 5.74) is 11.4. The number of anilines is 4. The summed E-state index contributed by atoms with van der Waals surface area (Å²) in [6.07, 6.45) is 3.56. The molecule has 4 aromatic heterocycles. The van der Waals surface area contributed by atoms with E-state index in [0.29, 0.717) is 55.8 Å². The number of aromatic amines is 3. The molecule has 77 heavy (non-hydrogen) atoms. The third kappa shape index (κ3) is 8.20. The Morgan fingerprint density at radius 3 is 1.82 bits per heavy atom. The summed E-state index contributed by atoms with van der Waals surface area (Å²) in [6, 6.07) is 34.8. The summed E-state index contributed by atoms with van der Waals surface area (Å²) >= 11 is 1.72. The molecule has 8 heterocycles. The molecule has 20 heteroatoms. The van der Waals surface area contributed by atoms with Crippen molar-refractivity contribution in [3.63, 3.8) is 0 Å². The van der Waals surface area contributed by atoms with Gasteiger partial charge in [-0.2, -0.15) is 4.57 Å². The molecule has 0 unspecified atom stereocenters. The maximum absolute atomic E-state index is 14.3. The molecule has 4 aliphatic heterocycles. The van der Waals surface area contributed by atoms with Crippen molar-refractivity contribution in [2.24, 2.45) is 0 Å². The number of pyridine rings is 1. The minimum atomic E-state index is -1.50. The third-order valence-corrected chi connectivity index (χ3v) is 16.1. The van der Waals surface area contributed by atoms with E-state index in [4.69, 9.17) is 9.84 Å². The van der Waals surface area contributed by atoms with Crippen LogP contribution in [0.25, 0.3) is 49.7 Å². The standard InChI is InChI=1S/C57H46N10O9S/c1-63-49-8-4-5-9-50(49)77-52(63)24-31-16-20-64(45-7-3-2-6-32(31)45)30-76-56(72)58-28-51(68)65-21-17-33-37-26-43(61-40(37)10-13-46(33)65)54(70)67-23-19-35-38-27-44(62-41(38)12-15-48(35)67)55(71)66-22-18-34-36-25-42(53(69)59-29-75-57(73)74)60-39(36)11-14-47(34)66/h2-16,20,24-27H,17-19,21-23,28-30H2,1H3,(H5-,58,59,60,61,62,69,70,71,72,73,74)/p+1. The second-order valence-corrected chi connectivity index (χ2v) is 20.2. The van der Waals surface area contributed by atoms with Crippen molar-refractivity contribution in [3.8, 4) is 0 Å². The van der Waals surface area contributed by atoms with Gasteiger partial charge in [-0.25, -0.2) is 9.59 Å². The number of hydrogen-bond donors (Lipinski definition) is 6. The highest BCUT2D eigenvalue weighted by Gasteiger charge is 2.34. The number of hydrogen-bond acceptors (Lipinski definition) is 10. The highest BCUT2D eigenvalue weighted by atomic mass is 32.2. The van der Waals surface area contributed by atoms with Gasteiger partial charge in [-0.15, -0.1) is 0 Å². The van der Waals surface area contributed by atoms with E-state index < -0.39 is 24.9 Å². The normalized spacial score (nSPS) is 14.9. The number of nitrogens with zero attached hydrogens (tertiary/aromatic N) is 5. The Morgan fingerprint density at radius 1 is 0.636 bits per heavy atom. The SMILES string of the molecule is CN1/C(=C/c2cc[n+](COC(=O)NCC(=O)N3CCc4c3ccc3[nH]c(C(=O)N5CCc6c5ccc5[nH]c(C(=O)N7CCc8c7ccc7[nH]c(C(=O)NCOC(=O)O)cc87)cc65)cc43)c3ccccc23)Sc2ccccc21. The van der Waals surface area contributed by atoms with E-state index in [1.165, 1.54) is 4.90 Å². The van der Waals surface area contributed by atoms with E-state index >= 15 is 0 Å². The molecule has 9 aromatic rings. The summed E-state index contributed by atoms with van der Waals surface area (Å²) in [7, 11) is 2.06. The van der Waals surface area contributed by atoms with Gasteiger partial charge in [-0.05, 0) is 120 Å². The van der Waals surface area contributed by atoms with Crippen LogP contribution in [0.5, 0.6) is 0 Å². The molecule has 0 bridgehead atoms. The smallest absolute Gasteiger partial charge is 0.450 e. The maximum Gasteiger partial charge on any atom is 0.507 e. The molecule has 0 fully saturated rings. The molecule has 0 atom stereocenters. The van der Waals surface area contributed by atoms with Crippen molar-refractivity contribution in [2.45, 2.75) is 30.9 Å². The molecule has 4 aliphatic rings. The zero-order chi connectivity index (χ0) is 52.6. The summed E-state index contributed by atoms with van der Waals surface area (Å²) in [5.74, 6) is -1.22. The number of nitrogens with one attached hydrogen (secondary N) is 5. The average Bonchev–Trinajstić information content (AvgIpc) is 4.43. The van der Waals surface area contributed by atoms with Gasteiger partial charge in [-0.3, -0.25) is 19.2 Å². The molecule has 5 amide bonds. The van der Waals surface area contributed by atoms with Crippen LogP contribution in [0.15, 0.2) is 125 Å². The molecule has 5 aromatic carbocycles. The van der Waals surface area contributed by atoms with Crippen LogP contribution in [0.2, 0.25) is 0 Å². The van der Waals surface area contributed by atoms with Crippen LogP contribution in [-0.4, -0.2) is 95.9 Å². The molecule has 0 saturated heterocycles. The monoisotopic (exact) mass is 1050 g/mol. The zero-order valence-electron chi connectivity index (χ0n) is 41.3. The number of benzene rings is 5. The van der Waals surface area contributed by atoms with Crippen LogP contribution < -0.4 is 34.8 Å². The van der Waals surface area contributed by atoms with Crippen molar-refractivity contribution in [3.05, 3.63) is 160 Å². The maximum atomic E-state index is 14.3. The van der Waals surface area contributed by atoms with E-state index in [1.807, 2.05) is 95.7 Å². The van der Waals surface area contributed by atoms with Crippen molar-refractivity contribution < 1.29 is 47.9 Å². The van der Waals surface area contributed by atoms with Gasteiger partial charge in [0.1, 0.15) is 23.6 Å². The Kier molecular flexibility index (Phi) is 11.4. The number of H-pyrrole nitrogens is 3. The van der Waals surface area contributed by atoms with Crippen molar-refractivity contribution in [2.75, 3.05) is 59.6 Å². The number of aromatic nitrogens is 4. The summed E-state index contributed by atoms with van der Waals surface area (Å²) in [6.45, 7) is 0.480. The quantitative estimate of drug-likeness (QED) is 0.0435. The van der Waals surface area contributed by atoms with Gasteiger partial charge in [0.25, 0.3) is 24.5 Å². The molecule has 0 spiro atoms. The van der Waals surface area contributed by atoms with E-state index in [2.05, 4.69) is 60.5 Å². The first-order chi connectivity index (χ1) is 37.4. The lowest BCUT2D eigenvalue weighted by Crippen LogP contribution is -2.42. The van der Waals surface area contributed by atoms with Gasteiger partial charge in [-0.1, -0.05) is 36.0 Å². The van der Waals surface area contributed by atoms with Crippen molar-refractivity contribution in [1.29, 1.82) is 0 Å². The van der Waals surface area contributed by atoms with E-state index in [9.17, 15) is 28.8 Å². The highest BCUT2D eigenvalue weighted by Crippen LogP contribution is 2.46. The van der Waals surface area contributed by atoms with Crippen LogP contribution in [0.4, 0.5) is 32.3 Å². The Balaban J connectivity index is 0.652. The summed E-state index contributed by atoms with van der Waals surface area (Å²) in [4.78, 5) is 96.7. The molecule has 13 rings (SSSR count). The lowest BCUT2D eigenvalue weighted by Gasteiger charge is -2.17. The Hall–Kier alpha value is -9.56. The molecule has 384 valence electrons. The molecule has 6 N–H and O–H groups in total. The lowest BCUT2D eigenvalue weighted by molar-refractivity contribution is -0.703. The predicted octanol–water partition coefficient (Wildman–Crippen LogP) is 8.17. The van der Waals surface area contributed by atoms with Crippen LogP contribution in [-0.2, 0) is 40.3 Å². The van der Waals surface area contributed by atoms with E-state index in [-0.39, 0.29) is 36.7 Å². The fraction of sp³-hybridized carbons (Fsp3) is 0.175. The van der Waals surface area contributed by atoms with Crippen LogP contribution >= 0.6 is 11.8 Å². The molecule has 19 nitrogen and oxygen atoms in total. The van der Waals surface area contributed by atoms with Gasteiger partial charge in [0.2, 0.25) is 11.4 Å². The number of carbonyl (C=O) groups excluding carboxylic acids is 5. The lowest BCUT2D eigenvalue weighted by atomic mass is 10.1. The molecule has 0 radical (unpaired) electrons. The second-order valence-electron chi connectivity index (χ2n) is 19.2. The Bertz CT molecular complexity index is 4060. The van der Waals surface area contributed by atoms with E-state index in [1.54, 1.807) is 38.6 Å². The van der Waals surface area contributed by atoms with Crippen molar-refractivity contribution in [1.82, 2.24) is 25.6 Å². The highest BCUT2D eigenvalue weighted by molar-refractivity contribution is 8.03. The number of para-hydroxylation sites is 2. The largest absolute Gasteiger partial charge is 0.507 e. The number of alkyl carbamates (subject to hydrolysis) is 1. The fourth-order valence-electron chi connectivity index (χ4n) is 11.3. The Morgan fingerprint density at radius 2 is 1.19 bits per heavy atom. The minimum absolute atomic E-state index is 0.0572. The first-order valence-electron chi connectivity index (χ1n) is 25.0. The van der Waals surface area contributed by atoms with Gasteiger partial charge in [0.15, 0.2) is 12.9 Å². The zero-order valence-corrected chi connectivity index (χ0v) is 42.1. The average molecular weight is 1050 g/mol. The van der Waals surface area contributed by atoms with Gasteiger partial charge in [0.05, 0.1) is 16.1 Å². The number of rotatable bonds is 10. The molecule has 0 aliphatic carbocycles. The third-order valence-electron chi connectivity index (χ3n) is 15.0. The number of carboxylic acid groups (broad SMARTS) is 1. The summed E-state index contributed by atoms with van der Waals surface area (Å²) < 4.78 is 11.9. The fourth-order valence-corrected chi connectivity index (χ4v) is 12.4. The number of fused-ring (bicyclic) bond motifs is 11. The molecular weight excluding hydrogens is 1000 g/mol. The van der Waals surface area contributed by atoms with E-state index in [0.717, 1.165) is 88.1 Å². The van der Waals surface area contributed by atoms with Gasteiger partial charge < -0.3 is 59.8 Å². The topological polar surface area (TPSA) is 229 Å². The predicted molar refractivity (Wildman–Crippen MR) is 290 cm³/mol. The minimum Gasteiger partial charge on any atom is -0.450 e. The number of thioether (sulfide) groups is 1. The number of amides is 5. The summed E-state index contributed by atoms with van der Waals surface area (Å²) in [5, 5.41) is 18.4. The van der Waals surface area contributed by atoms with Crippen molar-refractivity contribution >= 4 is 120 Å². The van der Waals surface area contributed by atoms with Gasteiger partial charge in [0, 0.05) is 93.5 Å².